The van der Waals surface area contributed by atoms with Crippen LogP contribution in [0.3, 0.4) is 0 Å². The van der Waals surface area contributed by atoms with Crippen molar-refractivity contribution in [3.05, 3.63) is 107 Å². The highest BCUT2D eigenvalue weighted by Gasteiger charge is 2.61. The van der Waals surface area contributed by atoms with Crippen molar-refractivity contribution in [2.45, 2.75) is 29.7 Å². The van der Waals surface area contributed by atoms with Crippen LogP contribution in [-0.4, -0.2) is 42.7 Å². The minimum absolute atomic E-state index is 0.184. The Labute approximate surface area is 250 Å². The number of rotatable bonds is 8. The van der Waals surface area contributed by atoms with Crippen LogP contribution < -0.4 is 21.8 Å². The number of carbonyl (C=O) groups excluding carboxylic acids is 2. The largest absolute Gasteiger partial charge is 0.377 e. The van der Waals surface area contributed by atoms with Crippen LogP contribution in [0.2, 0.25) is 5.02 Å². The van der Waals surface area contributed by atoms with E-state index in [4.69, 9.17) is 17.3 Å². The Bertz CT molecular complexity index is 1700. The molecule has 4 aromatic rings. The van der Waals surface area contributed by atoms with Gasteiger partial charge in [-0.1, -0.05) is 65.8 Å². The van der Waals surface area contributed by atoms with Gasteiger partial charge in [-0.15, -0.1) is 5.10 Å². The smallest absolute Gasteiger partial charge is 0.250 e. The minimum Gasteiger partial charge on any atom is -0.377 e. The topological polar surface area (TPSA) is 152 Å². The molecular weight excluding hydrogens is 574 g/mol. The van der Waals surface area contributed by atoms with Gasteiger partial charge in [-0.2, -0.15) is 9.78 Å². The fourth-order valence-corrected chi connectivity index (χ4v) is 6.05. The first kappa shape index (κ1) is 27.5. The zero-order chi connectivity index (χ0) is 29.3. The summed E-state index contributed by atoms with van der Waals surface area (Å²) >= 11 is 7.63. The molecular formula is C29H26ClN9O2S. The van der Waals surface area contributed by atoms with E-state index < -0.39 is 16.3 Å². The Hall–Kier alpha value is -4.68. The number of anilines is 1. The normalized spacial score (nSPS) is 22.8. The fraction of sp³-hybridized carbons (Fsp3) is 0.172. The molecule has 1 aliphatic heterocycles. The van der Waals surface area contributed by atoms with Crippen LogP contribution in [0.5, 0.6) is 0 Å². The van der Waals surface area contributed by atoms with E-state index >= 15 is 0 Å². The molecule has 1 unspecified atom stereocenters. The van der Waals surface area contributed by atoms with Gasteiger partial charge in [0.2, 0.25) is 5.91 Å². The number of tetrazole rings is 1. The lowest BCUT2D eigenvalue weighted by Gasteiger charge is -2.23. The molecule has 6 rings (SSSR count). The van der Waals surface area contributed by atoms with Crippen molar-refractivity contribution in [3.63, 3.8) is 0 Å². The molecule has 0 bridgehead atoms. The van der Waals surface area contributed by atoms with Crippen molar-refractivity contribution in [1.29, 1.82) is 0 Å². The molecule has 2 amide bonds. The van der Waals surface area contributed by atoms with Gasteiger partial charge in [-0.05, 0) is 71.3 Å². The molecule has 1 fully saturated rings. The number of nitrogens with two attached hydrogens (primary N) is 1. The van der Waals surface area contributed by atoms with Crippen molar-refractivity contribution >= 4 is 52.1 Å². The third-order valence-corrected chi connectivity index (χ3v) is 8.57. The number of hydrogen-bond acceptors (Lipinski definition) is 9. The summed E-state index contributed by atoms with van der Waals surface area (Å²) in [5.41, 5.74) is 11.6. The maximum atomic E-state index is 13.7. The molecule has 2 aliphatic rings. The van der Waals surface area contributed by atoms with E-state index in [0.29, 0.717) is 33.5 Å². The molecule has 3 aromatic carbocycles. The number of benzene rings is 3. The second-order valence-corrected chi connectivity index (χ2v) is 12.0. The summed E-state index contributed by atoms with van der Waals surface area (Å²) in [7, 11) is 0. The Morgan fingerprint density at radius 2 is 1.93 bits per heavy atom. The molecule has 2 heterocycles. The highest BCUT2D eigenvalue weighted by Crippen LogP contribution is 2.52. The van der Waals surface area contributed by atoms with Crippen molar-refractivity contribution < 1.29 is 9.59 Å². The maximum Gasteiger partial charge on any atom is 0.250 e. The summed E-state index contributed by atoms with van der Waals surface area (Å²) < 4.78 is 1.48. The summed E-state index contributed by atoms with van der Waals surface area (Å²) in [5.74, 6) is -0.900. The second kappa shape index (κ2) is 11.0. The zero-order valence-corrected chi connectivity index (χ0v) is 23.9. The number of halogens is 1. The molecule has 5 N–H and O–H groups in total. The summed E-state index contributed by atoms with van der Waals surface area (Å²) in [4.78, 5) is 26.5. The number of hydrogen-bond donors (Lipinski definition) is 4. The highest BCUT2D eigenvalue weighted by molar-refractivity contribution is 8.14. The molecule has 13 heteroatoms. The van der Waals surface area contributed by atoms with E-state index in [-0.39, 0.29) is 11.8 Å². The lowest BCUT2D eigenvalue weighted by molar-refractivity contribution is -0.124. The van der Waals surface area contributed by atoms with Gasteiger partial charge in [-0.3, -0.25) is 15.0 Å². The number of carbonyl (C=O) groups is 2. The van der Waals surface area contributed by atoms with E-state index in [9.17, 15) is 9.59 Å². The van der Waals surface area contributed by atoms with Gasteiger partial charge in [0.25, 0.3) is 5.91 Å². The molecule has 0 radical (unpaired) electrons. The third kappa shape index (κ3) is 5.46. The molecule has 11 nitrogen and oxygen atoms in total. The van der Waals surface area contributed by atoms with Gasteiger partial charge in [0.1, 0.15) is 16.7 Å². The highest BCUT2D eigenvalue weighted by atomic mass is 35.5. The molecule has 212 valence electrons. The predicted octanol–water partition coefficient (Wildman–Crippen LogP) is 3.75. The number of nitrogens with zero attached hydrogens (tertiary/aromatic N) is 5. The third-order valence-electron chi connectivity index (χ3n) is 7.30. The Morgan fingerprint density at radius 3 is 2.62 bits per heavy atom. The molecule has 42 heavy (non-hydrogen) atoms. The van der Waals surface area contributed by atoms with E-state index in [1.165, 1.54) is 28.8 Å². The van der Waals surface area contributed by atoms with E-state index in [0.717, 1.165) is 11.1 Å². The summed E-state index contributed by atoms with van der Waals surface area (Å²) in [6.45, 7) is 1.98. The van der Waals surface area contributed by atoms with Gasteiger partial charge < -0.3 is 16.4 Å². The lowest BCUT2D eigenvalue weighted by Crippen LogP contribution is -2.47. The van der Waals surface area contributed by atoms with Crippen LogP contribution in [0.15, 0.2) is 90.3 Å². The molecule has 1 aromatic heterocycles. The molecule has 0 spiro atoms. The van der Waals surface area contributed by atoms with Gasteiger partial charge in [-0.25, -0.2) is 0 Å². The zero-order valence-electron chi connectivity index (χ0n) is 22.4. The monoisotopic (exact) mass is 599 g/mol. The van der Waals surface area contributed by atoms with E-state index in [1.807, 2.05) is 61.5 Å². The van der Waals surface area contributed by atoms with Crippen molar-refractivity contribution in [1.82, 2.24) is 30.9 Å². The number of amides is 2. The maximum absolute atomic E-state index is 13.7. The molecule has 1 aliphatic carbocycles. The number of thioether (sulfide) groups is 1. The first-order valence-corrected chi connectivity index (χ1v) is 14.2. The quantitative estimate of drug-likeness (QED) is 0.223. The van der Waals surface area contributed by atoms with Crippen LogP contribution in [0.25, 0.3) is 11.8 Å². The van der Waals surface area contributed by atoms with Crippen molar-refractivity contribution in [3.8, 4) is 5.69 Å². The van der Waals surface area contributed by atoms with Gasteiger partial charge in [0.05, 0.1) is 5.69 Å². The average Bonchev–Trinajstić information content (AvgIpc) is 3.27. The second-order valence-electron chi connectivity index (χ2n) is 10.1. The molecule has 1 saturated carbocycles. The van der Waals surface area contributed by atoms with Crippen LogP contribution >= 0.6 is 23.4 Å². The van der Waals surface area contributed by atoms with Crippen LogP contribution in [0.1, 0.15) is 36.0 Å². The first-order chi connectivity index (χ1) is 20.3. The summed E-state index contributed by atoms with van der Waals surface area (Å²) in [5, 5.41) is 22.3. The molecule has 3 atom stereocenters. The minimum atomic E-state index is -1.12. The van der Waals surface area contributed by atoms with Crippen LogP contribution in [0, 0.1) is 0 Å². The Morgan fingerprint density at radius 1 is 1.14 bits per heavy atom. The van der Waals surface area contributed by atoms with Crippen molar-refractivity contribution in [2.75, 3.05) is 5.32 Å². The Balaban J connectivity index is 1.21. The van der Waals surface area contributed by atoms with Gasteiger partial charge >= 0.3 is 0 Å². The average molecular weight is 600 g/mol. The number of amidine groups is 1. The number of aromatic nitrogens is 4. The Kier molecular flexibility index (Phi) is 7.17. The summed E-state index contributed by atoms with van der Waals surface area (Å²) in [6.07, 6.45) is 4.91. The SMILES string of the molecule is CC1(c2ccc(NC(=O)[C@@]3(NC(=O)/C=C/c4cc(Cl)ccc4-n4cnnn4)C[C@H]3c3ccccc3)cc2)NN=C(N)S1. The summed E-state index contributed by atoms with van der Waals surface area (Å²) in [6, 6.07) is 22.3. The van der Waals surface area contributed by atoms with E-state index in [2.05, 4.69) is 36.7 Å². The lowest BCUT2D eigenvalue weighted by atomic mass is 10.0. The van der Waals surface area contributed by atoms with Crippen LogP contribution in [-0.2, 0) is 14.5 Å². The number of nitrogens with one attached hydrogen (secondary N) is 3. The van der Waals surface area contributed by atoms with Gasteiger partial charge in [0, 0.05) is 28.3 Å². The predicted molar refractivity (Wildman–Crippen MR) is 163 cm³/mol. The van der Waals surface area contributed by atoms with Gasteiger partial charge in [0.15, 0.2) is 5.17 Å². The first-order valence-electron chi connectivity index (χ1n) is 13.1. The number of hydrazone groups is 1. The fourth-order valence-electron chi connectivity index (χ4n) is 5.02. The van der Waals surface area contributed by atoms with E-state index in [1.54, 1.807) is 24.3 Å². The van der Waals surface area contributed by atoms with Crippen LogP contribution in [0.4, 0.5) is 5.69 Å². The standard InChI is InChI=1S/C29H26ClN9O2S/c1-28(36-35-27(31)42-28)20-8-11-22(12-9-20)33-26(41)29(16-23(29)18-5-3-2-4-6-18)34-25(40)14-7-19-15-21(30)10-13-24(19)39-17-32-37-38-39/h2-15,17,23,36H,16H2,1H3,(H2,31,35)(H,33,41)(H,34,40)/b14-7+/t23-,28?,29+/m0/s1. The molecule has 0 saturated heterocycles. The van der Waals surface area contributed by atoms with Crippen molar-refractivity contribution in [2.24, 2.45) is 10.8 Å².